The summed E-state index contributed by atoms with van der Waals surface area (Å²) in [5.41, 5.74) is 10.5. The van der Waals surface area contributed by atoms with E-state index in [1.807, 2.05) is 12.1 Å². The summed E-state index contributed by atoms with van der Waals surface area (Å²) < 4.78 is 0. The minimum absolute atomic E-state index is 0.0901. The Labute approximate surface area is 102 Å². The van der Waals surface area contributed by atoms with Crippen LogP contribution in [0.2, 0.25) is 5.02 Å². The number of hydrogen-bond acceptors (Lipinski definition) is 3. The highest BCUT2D eigenvalue weighted by molar-refractivity contribution is 6.30. The van der Waals surface area contributed by atoms with Crippen molar-refractivity contribution in [1.29, 1.82) is 0 Å². The molecule has 5 N–H and O–H groups in total. The molecule has 0 saturated heterocycles. The Morgan fingerprint density at radius 1 is 1.31 bits per heavy atom. The second-order valence-corrected chi connectivity index (χ2v) is 4.43. The van der Waals surface area contributed by atoms with Crippen LogP contribution in [0.3, 0.4) is 0 Å². The van der Waals surface area contributed by atoms with Crippen molar-refractivity contribution in [2.24, 2.45) is 11.8 Å². The van der Waals surface area contributed by atoms with Crippen molar-refractivity contribution < 1.29 is 0 Å². The van der Waals surface area contributed by atoms with Crippen LogP contribution in [0.5, 0.6) is 0 Å². The van der Waals surface area contributed by atoms with Crippen LogP contribution >= 0.6 is 11.6 Å². The van der Waals surface area contributed by atoms with Crippen LogP contribution < -0.4 is 17.0 Å². The van der Waals surface area contributed by atoms with Gasteiger partial charge in [-0.2, -0.15) is 0 Å². The van der Waals surface area contributed by atoms with Gasteiger partial charge in [-0.15, -0.1) is 0 Å². The topological polar surface area (TPSA) is 64.1 Å². The molecule has 90 valence electrons. The van der Waals surface area contributed by atoms with Crippen LogP contribution in [0.4, 0.5) is 5.69 Å². The molecule has 0 aliphatic carbocycles. The Balaban J connectivity index is 3.03. The van der Waals surface area contributed by atoms with Gasteiger partial charge in [0.1, 0.15) is 0 Å². The molecule has 0 aliphatic heterocycles. The molecule has 1 aromatic carbocycles. The molecule has 0 saturated carbocycles. The minimum Gasteiger partial charge on any atom is -0.398 e. The molecule has 1 rings (SSSR count). The highest BCUT2D eigenvalue weighted by atomic mass is 35.5. The van der Waals surface area contributed by atoms with Crippen molar-refractivity contribution in [3.05, 3.63) is 28.8 Å². The van der Waals surface area contributed by atoms with E-state index in [9.17, 15) is 0 Å². The molecular weight excluding hydrogens is 222 g/mol. The van der Waals surface area contributed by atoms with E-state index in [-0.39, 0.29) is 6.04 Å². The van der Waals surface area contributed by atoms with Crippen molar-refractivity contribution in [2.75, 3.05) is 5.73 Å². The van der Waals surface area contributed by atoms with E-state index in [0.717, 1.165) is 18.4 Å². The average molecular weight is 242 g/mol. The summed E-state index contributed by atoms with van der Waals surface area (Å²) in [6.07, 6.45) is 2.13. The first-order valence-electron chi connectivity index (χ1n) is 5.65. The Hall–Kier alpha value is -0.770. The predicted octanol–water partition coefficient (Wildman–Crippen LogP) is 2.86. The van der Waals surface area contributed by atoms with Gasteiger partial charge in [0.05, 0.1) is 6.04 Å². The summed E-state index contributed by atoms with van der Waals surface area (Å²) in [5.74, 6) is 6.11. The zero-order valence-electron chi connectivity index (χ0n) is 9.83. The van der Waals surface area contributed by atoms with Crippen LogP contribution in [0.15, 0.2) is 18.2 Å². The number of rotatable bonds is 5. The first-order chi connectivity index (χ1) is 7.63. The molecule has 1 unspecified atom stereocenters. The lowest BCUT2D eigenvalue weighted by atomic mass is 9.88. The smallest absolute Gasteiger partial charge is 0.0508 e. The van der Waals surface area contributed by atoms with Crippen LogP contribution in [0, 0.1) is 5.92 Å². The minimum atomic E-state index is 0.0901. The SMILES string of the molecule is CCC(CC)C(NN)c1ccc(Cl)cc1N. The normalized spacial score (nSPS) is 13.1. The standard InChI is InChI=1S/C12H20ClN3/c1-3-8(4-2)12(16-15)10-6-5-9(13)7-11(10)14/h5-8,12,16H,3-4,14-15H2,1-2H3. The van der Waals surface area contributed by atoms with E-state index < -0.39 is 0 Å². The molecule has 0 amide bonds. The number of anilines is 1. The molecule has 0 fully saturated rings. The fourth-order valence-corrected chi connectivity index (χ4v) is 2.25. The fraction of sp³-hybridized carbons (Fsp3) is 0.500. The summed E-state index contributed by atoms with van der Waals surface area (Å²) in [5, 5.41) is 0.654. The number of hydrogen-bond donors (Lipinski definition) is 3. The third kappa shape index (κ3) is 2.88. The van der Waals surface area contributed by atoms with E-state index in [2.05, 4.69) is 19.3 Å². The Morgan fingerprint density at radius 2 is 1.94 bits per heavy atom. The third-order valence-electron chi connectivity index (χ3n) is 3.08. The molecule has 0 aromatic heterocycles. The zero-order valence-corrected chi connectivity index (χ0v) is 10.6. The van der Waals surface area contributed by atoms with Crippen molar-refractivity contribution in [3.8, 4) is 0 Å². The molecule has 0 aliphatic rings. The maximum Gasteiger partial charge on any atom is 0.0508 e. The van der Waals surface area contributed by atoms with E-state index in [4.69, 9.17) is 23.2 Å². The number of benzene rings is 1. The highest BCUT2D eigenvalue weighted by Gasteiger charge is 2.20. The van der Waals surface area contributed by atoms with E-state index >= 15 is 0 Å². The molecular formula is C12H20ClN3. The van der Waals surface area contributed by atoms with Crippen LogP contribution in [-0.2, 0) is 0 Å². The number of nitrogen functional groups attached to an aromatic ring is 1. The highest BCUT2D eigenvalue weighted by Crippen LogP contribution is 2.31. The first kappa shape index (κ1) is 13.3. The maximum absolute atomic E-state index is 5.97. The molecule has 4 heteroatoms. The number of nitrogens with two attached hydrogens (primary N) is 2. The third-order valence-corrected chi connectivity index (χ3v) is 3.32. The van der Waals surface area contributed by atoms with E-state index in [1.165, 1.54) is 0 Å². The van der Waals surface area contributed by atoms with Crippen molar-refractivity contribution in [1.82, 2.24) is 5.43 Å². The summed E-state index contributed by atoms with van der Waals surface area (Å²) in [7, 11) is 0. The average Bonchev–Trinajstić information content (AvgIpc) is 2.27. The van der Waals surface area contributed by atoms with Crippen LogP contribution in [0.25, 0.3) is 0 Å². The second-order valence-electron chi connectivity index (χ2n) is 3.99. The number of hydrazine groups is 1. The second kappa shape index (κ2) is 6.09. The van der Waals surface area contributed by atoms with Gasteiger partial charge in [0.2, 0.25) is 0 Å². The van der Waals surface area contributed by atoms with Gasteiger partial charge < -0.3 is 5.73 Å². The molecule has 3 nitrogen and oxygen atoms in total. The first-order valence-corrected chi connectivity index (χ1v) is 6.02. The molecule has 1 aromatic rings. The number of nitrogens with one attached hydrogen (secondary N) is 1. The molecule has 16 heavy (non-hydrogen) atoms. The monoisotopic (exact) mass is 241 g/mol. The molecule has 1 atom stereocenters. The lowest BCUT2D eigenvalue weighted by Gasteiger charge is -2.26. The van der Waals surface area contributed by atoms with Crippen LogP contribution in [-0.4, -0.2) is 0 Å². The van der Waals surface area contributed by atoms with E-state index in [1.54, 1.807) is 6.07 Å². The molecule has 0 bridgehead atoms. The largest absolute Gasteiger partial charge is 0.398 e. The van der Waals surface area contributed by atoms with Gasteiger partial charge in [-0.3, -0.25) is 11.3 Å². The van der Waals surface area contributed by atoms with Gasteiger partial charge in [0.25, 0.3) is 0 Å². The lowest BCUT2D eigenvalue weighted by Crippen LogP contribution is -2.33. The van der Waals surface area contributed by atoms with Gasteiger partial charge in [0.15, 0.2) is 0 Å². The number of halogens is 1. The Kier molecular flexibility index (Phi) is 5.06. The lowest BCUT2D eigenvalue weighted by molar-refractivity contribution is 0.346. The Morgan fingerprint density at radius 3 is 2.38 bits per heavy atom. The van der Waals surface area contributed by atoms with Crippen LogP contribution in [0.1, 0.15) is 38.3 Å². The predicted molar refractivity (Wildman–Crippen MR) is 70.0 cm³/mol. The van der Waals surface area contributed by atoms with Gasteiger partial charge >= 0.3 is 0 Å². The van der Waals surface area contributed by atoms with Gasteiger partial charge in [-0.1, -0.05) is 44.4 Å². The summed E-state index contributed by atoms with van der Waals surface area (Å²) in [6.45, 7) is 4.31. The van der Waals surface area contributed by atoms with Crippen molar-refractivity contribution in [3.63, 3.8) is 0 Å². The summed E-state index contributed by atoms with van der Waals surface area (Å²) in [6, 6.07) is 5.65. The van der Waals surface area contributed by atoms with Crippen molar-refractivity contribution in [2.45, 2.75) is 32.7 Å². The van der Waals surface area contributed by atoms with Gasteiger partial charge in [-0.05, 0) is 23.6 Å². The van der Waals surface area contributed by atoms with Gasteiger partial charge in [-0.25, -0.2) is 0 Å². The molecule has 0 spiro atoms. The maximum atomic E-state index is 5.97. The molecule has 0 radical (unpaired) electrons. The summed E-state index contributed by atoms with van der Waals surface area (Å²) >= 11 is 5.88. The Bertz CT molecular complexity index is 337. The quantitative estimate of drug-likeness (QED) is 0.422. The van der Waals surface area contributed by atoms with E-state index in [0.29, 0.717) is 16.6 Å². The zero-order chi connectivity index (χ0) is 12.1. The van der Waals surface area contributed by atoms with Crippen molar-refractivity contribution >= 4 is 17.3 Å². The van der Waals surface area contributed by atoms with Gasteiger partial charge in [0, 0.05) is 10.7 Å². The fourth-order valence-electron chi connectivity index (χ4n) is 2.07. The molecule has 0 heterocycles. The summed E-state index contributed by atoms with van der Waals surface area (Å²) in [4.78, 5) is 0.